The maximum Gasteiger partial charge on any atom is 0.255 e. The molecule has 0 saturated carbocycles. The van der Waals surface area contributed by atoms with Crippen molar-refractivity contribution in [2.75, 3.05) is 13.3 Å². The number of fused-ring (bicyclic) bond motifs is 1. The zero-order valence-electron chi connectivity index (χ0n) is 8.86. The fourth-order valence-corrected chi connectivity index (χ4v) is 1.36. The lowest BCUT2D eigenvalue weighted by Crippen LogP contribution is -2.25. The summed E-state index contributed by atoms with van der Waals surface area (Å²) in [4.78, 5) is 22.5. The van der Waals surface area contributed by atoms with Crippen LogP contribution in [0, 0.1) is 0 Å². The minimum Gasteiger partial charge on any atom is -0.362 e. The van der Waals surface area contributed by atoms with Crippen molar-refractivity contribution in [2.45, 2.75) is 6.92 Å². The molecule has 1 amide bonds. The second-order valence-corrected chi connectivity index (χ2v) is 3.13. The van der Waals surface area contributed by atoms with E-state index in [9.17, 15) is 4.79 Å². The number of ether oxygens (including phenoxy) is 1. The van der Waals surface area contributed by atoms with Crippen LogP contribution in [0.2, 0.25) is 0 Å². The minimum absolute atomic E-state index is 0.200. The molecule has 0 aliphatic heterocycles. The number of hydrogen-bond acceptors (Lipinski definition) is 4. The summed E-state index contributed by atoms with van der Waals surface area (Å²) in [5.41, 5.74) is 1.17. The van der Waals surface area contributed by atoms with E-state index in [2.05, 4.69) is 20.3 Å². The van der Waals surface area contributed by atoms with Gasteiger partial charge >= 0.3 is 0 Å². The molecular formula is C10H12N4O2. The predicted molar refractivity (Wildman–Crippen MR) is 57.8 cm³/mol. The van der Waals surface area contributed by atoms with Gasteiger partial charge in [0.1, 0.15) is 18.7 Å². The summed E-state index contributed by atoms with van der Waals surface area (Å²) in [5, 5.41) is 3.35. The van der Waals surface area contributed by atoms with Gasteiger partial charge in [0.2, 0.25) is 0 Å². The summed E-state index contributed by atoms with van der Waals surface area (Å²) in [6, 6.07) is 0. The van der Waals surface area contributed by atoms with Gasteiger partial charge in [0.15, 0.2) is 0 Å². The largest absolute Gasteiger partial charge is 0.362 e. The Morgan fingerprint density at radius 1 is 1.62 bits per heavy atom. The summed E-state index contributed by atoms with van der Waals surface area (Å²) < 4.78 is 5.04. The summed E-state index contributed by atoms with van der Waals surface area (Å²) in [6.45, 7) is 2.64. The molecule has 0 saturated heterocycles. The number of nitrogens with zero attached hydrogens (tertiary/aromatic N) is 2. The molecule has 2 aromatic rings. The summed E-state index contributed by atoms with van der Waals surface area (Å²) in [6.07, 6.45) is 4.65. The average molecular weight is 220 g/mol. The smallest absolute Gasteiger partial charge is 0.255 e. The van der Waals surface area contributed by atoms with Crippen molar-refractivity contribution >= 4 is 16.9 Å². The molecule has 6 heteroatoms. The molecule has 16 heavy (non-hydrogen) atoms. The van der Waals surface area contributed by atoms with E-state index in [1.54, 1.807) is 12.4 Å². The fraction of sp³-hybridized carbons (Fsp3) is 0.300. The van der Waals surface area contributed by atoms with Crippen LogP contribution < -0.4 is 5.32 Å². The van der Waals surface area contributed by atoms with Crippen LogP contribution in [-0.2, 0) is 4.74 Å². The molecule has 0 aromatic carbocycles. The lowest BCUT2D eigenvalue weighted by Gasteiger charge is -2.03. The first-order chi connectivity index (χ1) is 7.83. The molecule has 0 spiro atoms. The highest BCUT2D eigenvalue weighted by molar-refractivity contribution is 6.05. The summed E-state index contributed by atoms with van der Waals surface area (Å²) >= 11 is 0. The molecule has 0 radical (unpaired) electrons. The maximum absolute atomic E-state index is 11.7. The fourth-order valence-electron chi connectivity index (χ4n) is 1.36. The molecule has 2 heterocycles. The first-order valence-corrected chi connectivity index (χ1v) is 4.96. The van der Waals surface area contributed by atoms with Crippen LogP contribution in [0.5, 0.6) is 0 Å². The molecule has 0 atom stereocenters. The van der Waals surface area contributed by atoms with Gasteiger partial charge in [0, 0.05) is 24.4 Å². The van der Waals surface area contributed by atoms with Crippen molar-refractivity contribution in [3.63, 3.8) is 0 Å². The number of aromatic nitrogens is 3. The van der Waals surface area contributed by atoms with Crippen molar-refractivity contribution in [2.24, 2.45) is 0 Å². The van der Waals surface area contributed by atoms with Gasteiger partial charge in [-0.05, 0) is 6.92 Å². The number of aromatic amines is 1. The molecule has 2 aromatic heterocycles. The van der Waals surface area contributed by atoms with E-state index in [-0.39, 0.29) is 12.6 Å². The Kier molecular flexibility index (Phi) is 3.11. The van der Waals surface area contributed by atoms with Crippen LogP contribution in [0.1, 0.15) is 17.3 Å². The Balaban J connectivity index is 2.17. The third-order valence-electron chi connectivity index (χ3n) is 2.14. The second-order valence-electron chi connectivity index (χ2n) is 3.13. The second kappa shape index (κ2) is 4.71. The molecule has 0 bridgehead atoms. The lowest BCUT2D eigenvalue weighted by molar-refractivity contribution is 0.0818. The Bertz CT molecular complexity index is 494. The Morgan fingerprint density at radius 2 is 2.50 bits per heavy atom. The van der Waals surface area contributed by atoms with E-state index in [0.29, 0.717) is 23.2 Å². The topological polar surface area (TPSA) is 79.9 Å². The summed E-state index contributed by atoms with van der Waals surface area (Å²) in [7, 11) is 0. The zero-order chi connectivity index (χ0) is 11.4. The van der Waals surface area contributed by atoms with E-state index < -0.39 is 0 Å². The van der Waals surface area contributed by atoms with E-state index in [1.807, 2.05) is 6.92 Å². The highest BCUT2D eigenvalue weighted by atomic mass is 16.5. The van der Waals surface area contributed by atoms with E-state index in [4.69, 9.17) is 4.74 Å². The lowest BCUT2D eigenvalue weighted by atomic mass is 10.2. The molecular weight excluding hydrogens is 208 g/mol. The van der Waals surface area contributed by atoms with Crippen LogP contribution in [0.25, 0.3) is 11.0 Å². The number of nitrogens with one attached hydrogen (secondary N) is 2. The van der Waals surface area contributed by atoms with Crippen molar-refractivity contribution in [1.82, 2.24) is 20.3 Å². The number of H-pyrrole nitrogens is 1. The van der Waals surface area contributed by atoms with Crippen LogP contribution >= 0.6 is 0 Å². The summed E-state index contributed by atoms with van der Waals surface area (Å²) in [5.74, 6) is -0.200. The number of hydrogen-bond donors (Lipinski definition) is 2. The minimum atomic E-state index is -0.200. The van der Waals surface area contributed by atoms with Gasteiger partial charge in [-0.15, -0.1) is 0 Å². The number of carbonyl (C=O) groups is 1. The number of carbonyl (C=O) groups excluding carboxylic acids is 1. The van der Waals surface area contributed by atoms with E-state index in [1.165, 1.54) is 6.33 Å². The Morgan fingerprint density at radius 3 is 3.31 bits per heavy atom. The zero-order valence-corrected chi connectivity index (χ0v) is 8.86. The standard InChI is InChI=1S/C10H12N4O2/c1-2-16-6-14-10(15)8-4-12-9-7(8)3-11-5-13-9/h3-5H,2,6H2,1H3,(H,14,15)(H,11,12,13). The van der Waals surface area contributed by atoms with Gasteiger partial charge in [-0.3, -0.25) is 4.79 Å². The van der Waals surface area contributed by atoms with Crippen molar-refractivity contribution in [1.29, 1.82) is 0 Å². The highest BCUT2D eigenvalue weighted by Crippen LogP contribution is 2.13. The SMILES string of the molecule is CCOCNC(=O)c1c[nH]c2ncncc12. The quantitative estimate of drug-likeness (QED) is 0.586. The first kappa shape index (κ1) is 10.6. The molecule has 84 valence electrons. The van der Waals surface area contributed by atoms with Crippen molar-refractivity contribution < 1.29 is 9.53 Å². The average Bonchev–Trinajstić information content (AvgIpc) is 2.73. The maximum atomic E-state index is 11.7. The van der Waals surface area contributed by atoms with Gasteiger partial charge in [-0.2, -0.15) is 0 Å². The van der Waals surface area contributed by atoms with Gasteiger partial charge in [0.05, 0.1) is 5.56 Å². The Labute approximate surface area is 92.0 Å². The van der Waals surface area contributed by atoms with Crippen LogP contribution in [0.3, 0.4) is 0 Å². The highest BCUT2D eigenvalue weighted by Gasteiger charge is 2.11. The molecule has 0 unspecified atom stereocenters. The van der Waals surface area contributed by atoms with Crippen LogP contribution in [-0.4, -0.2) is 34.2 Å². The molecule has 0 fully saturated rings. The number of amides is 1. The van der Waals surface area contributed by atoms with E-state index in [0.717, 1.165) is 0 Å². The molecule has 0 aliphatic rings. The van der Waals surface area contributed by atoms with Gasteiger partial charge in [0.25, 0.3) is 5.91 Å². The predicted octanol–water partition coefficient (Wildman–Crippen LogP) is 0.682. The Hall–Kier alpha value is -1.95. The normalized spacial score (nSPS) is 10.6. The molecule has 2 rings (SSSR count). The molecule has 2 N–H and O–H groups in total. The first-order valence-electron chi connectivity index (χ1n) is 4.96. The third-order valence-corrected chi connectivity index (χ3v) is 2.14. The molecule has 6 nitrogen and oxygen atoms in total. The third kappa shape index (κ3) is 2.01. The van der Waals surface area contributed by atoms with Crippen molar-refractivity contribution in [3.8, 4) is 0 Å². The van der Waals surface area contributed by atoms with Gasteiger partial charge < -0.3 is 15.0 Å². The van der Waals surface area contributed by atoms with Crippen LogP contribution in [0.15, 0.2) is 18.7 Å². The van der Waals surface area contributed by atoms with Gasteiger partial charge in [-0.1, -0.05) is 0 Å². The van der Waals surface area contributed by atoms with Gasteiger partial charge in [-0.25, -0.2) is 9.97 Å². The van der Waals surface area contributed by atoms with Crippen LogP contribution in [0.4, 0.5) is 0 Å². The molecule has 0 aliphatic carbocycles. The monoisotopic (exact) mass is 220 g/mol. The number of rotatable bonds is 4. The van der Waals surface area contributed by atoms with E-state index >= 15 is 0 Å². The van der Waals surface area contributed by atoms with Crippen molar-refractivity contribution in [3.05, 3.63) is 24.3 Å².